The number of carbonyl (C=O) groups is 3. The molecule has 7 nitrogen and oxygen atoms in total. The summed E-state index contributed by atoms with van der Waals surface area (Å²) in [5, 5.41) is 0. The molecule has 0 N–H and O–H groups in total. The molecule has 0 spiro atoms. The number of halogens is 3. The Morgan fingerprint density at radius 1 is 0.838 bits per heavy atom. The first-order valence-electron chi connectivity index (χ1n) is 13.1. The highest BCUT2D eigenvalue weighted by molar-refractivity contribution is 5.79. The Kier molecular flexibility index (Phi) is 14.8. The van der Waals surface area contributed by atoms with Crippen molar-refractivity contribution in [2.45, 2.75) is 119 Å². The molecule has 0 bridgehead atoms. The molecule has 1 aliphatic carbocycles. The van der Waals surface area contributed by atoms with Crippen LogP contribution in [0.3, 0.4) is 0 Å². The topological polar surface area (TPSA) is 88.1 Å². The van der Waals surface area contributed by atoms with Crippen LogP contribution in [0.15, 0.2) is 0 Å². The number of rotatable bonds is 11. The molecule has 218 valence electrons. The molecular weight excluding hydrogens is 493 g/mol. The van der Waals surface area contributed by atoms with Crippen molar-refractivity contribution in [3.63, 3.8) is 0 Å². The summed E-state index contributed by atoms with van der Waals surface area (Å²) < 4.78 is 59.1. The van der Waals surface area contributed by atoms with Gasteiger partial charge in [0, 0.05) is 18.9 Å². The third-order valence-electron chi connectivity index (χ3n) is 6.85. The van der Waals surface area contributed by atoms with Crippen molar-refractivity contribution < 1.29 is 46.5 Å². The molecular formula is C27H47F3O7. The van der Waals surface area contributed by atoms with E-state index in [1.54, 1.807) is 27.9 Å². The minimum atomic E-state index is -4.61. The van der Waals surface area contributed by atoms with Crippen molar-refractivity contribution in [1.29, 1.82) is 0 Å². The second-order valence-corrected chi connectivity index (χ2v) is 11.2. The lowest BCUT2D eigenvalue weighted by Crippen LogP contribution is -2.42. The van der Waals surface area contributed by atoms with Crippen molar-refractivity contribution in [3.8, 4) is 0 Å². The third kappa shape index (κ3) is 12.5. The maximum atomic E-state index is 13.1. The average Bonchev–Trinajstić information content (AvgIpc) is 2.83. The summed E-state index contributed by atoms with van der Waals surface area (Å²) in [7, 11) is 1.55. The summed E-state index contributed by atoms with van der Waals surface area (Å²) in [6, 6.07) is 0. The zero-order valence-electron chi connectivity index (χ0n) is 24.0. The lowest BCUT2D eigenvalue weighted by atomic mass is 9.85. The van der Waals surface area contributed by atoms with Gasteiger partial charge in [-0.25, -0.2) is 4.79 Å². The van der Waals surface area contributed by atoms with Crippen LogP contribution < -0.4 is 0 Å². The number of hydrogen-bond acceptors (Lipinski definition) is 7. The van der Waals surface area contributed by atoms with Crippen LogP contribution in [0.5, 0.6) is 0 Å². The van der Waals surface area contributed by atoms with E-state index in [1.165, 1.54) is 0 Å². The van der Waals surface area contributed by atoms with E-state index in [-0.39, 0.29) is 11.9 Å². The molecule has 0 heterocycles. The third-order valence-corrected chi connectivity index (χ3v) is 6.85. The van der Waals surface area contributed by atoms with Crippen molar-refractivity contribution in [2.24, 2.45) is 22.7 Å². The molecule has 1 fully saturated rings. The van der Waals surface area contributed by atoms with E-state index in [1.807, 2.05) is 34.6 Å². The molecule has 2 unspecified atom stereocenters. The van der Waals surface area contributed by atoms with Gasteiger partial charge in [-0.1, -0.05) is 47.0 Å². The van der Waals surface area contributed by atoms with E-state index in [0.29, 0.717) is 32.1 Å². The van der Waals surface area contributed by atoms with Crippen LogP contribution in [0.1, 0.15) is 100 Å². The van der Waals surface area contributed by atoms with E-state index in [4.69, 9.17) is 14.2 Å². The molecule has 10 heteroatoms. The summed E-state index contributed by atoms with van der Waals surface area (Å²) >= 11 is 0. The molecule has 0 aromatic carbocycles. The Morgan fingerprint density at radius 2 is 1.32 bits per heavy atom. The number of alkyl halides is 3. The van der Waals surface area contributed by atoms with Gasteiger partial charge in [0.05, 0.1) is 10.8 Å². The molecule has 0 saturated heterocycles. The standard InChI is InChI=1S/C16H25F3O4.C11H22O3/c1-4-15(2,3)14(21)22-10-12(20)23-13(16(17,18)19)11-8-6-5-7-9-11;1-7-11(4,5)10(12)14-9(13-6)8(2)3/h11,13H,4-10H2,1-3H3;8-9H,7H2,1-6H3. The van der Waals surface area contributed by atoms with E-state index in [0.717, 1.165) is 12.8 Å². The van der Waals surface area contributed by atoms with Gasteiger partial charge in [0.15, 0.2) is 12.7 Å². The van der Waals surface area contributed by atoms with Crippen molar-refractivity contribution in [1.82, 2.24) is 0 Å². The maximum Gasteiger partial charge on any atom is 0.425 e. The van der Waals surface area contributed by atoms with Gasteiger partial charge >= 0.3 is 24.1 Å². The van der Waals surface area contributed by atoms with Crippen LogP contribution in [-0.2, 0) is 33.3 Å². The number of carbonyl (C=O) groups excluding carboxylic acids is 3. The molecule has 0 aromatic rings. The zero-order chi connectivity index (χ0) is 29.0. The van der Waals surface area contributed by atoms with Gasteiger partial charge in [0.2, 0.25) is 6.29 Å². The first-order chi connectivity index (χ1) is 16.9. The molecule has 0 radical (unpaired) electrons. The lowest BCUT2D eigenvalue weighted by molar-refractivity contribution is -0.238. The largest absolute Gasteiger partial charge is 0.453 e. The highest BCUT2D eigenvalue weighted by atomic mass is 19.4. The Labute approximate surface area is 220 Å². The molecule has 0 aliphatic heterocycles. The first kappa shape index (κ1) is 35.2. The van der Waals surface area contributed by atoms with Gasteiger partial charge in [-0.15, -0.1) is 0 Å². The fourth-order valence-corrected chi connectivity index (χ4v) is 3.37. The van der Waals surface area contributed by atoms with E-state index < -0.39 is 53.9 Å². The van der Waals surface area contributed by atoms with E-state index >= 15 is 0 Å². The van der Waals surface area contributed by atoms with Crippen molar-refractivity contribution in [2.75, 3.05) is 13.7 Å². The van der Waals surface area contributed by atoms with Crippen molar-refractivity contribution in [3.05, 3.63) is 0 Å². The Bertz CT molecular complexity index is 711. The second-order valence-electron chi connectivity index (χ2n) is 11.2. The second kappa shape index (κ2) is 15.5. The predicted octanol–water partition coefficient (Wildman–Crippen LogP) is 6.61. The van der Waals surface area contributed by atoms with Crippen LogP contribution in [0.2, 0.25) is 0 Å². The van der Waals surface area contributed by atoms with E-state index in [2.05, 4.69) is 4.74 Å². The van der Waals surface area contributed by atoms with Crippen molar-refractivity contribution >= 4 is 17.9 Å². The molecule has 37 heavy (non-hydrogen) atoms. The average molecular weight is 541 g/mol. The normalized spacial score (nSPS) is 16.8. The minimum absolute atomic E-state index is 0.177. The summed E-state index contributed by atoms with van der Waals surface area (Å²) in [5.74, 6) is -2.51. The van der Waals surface area contributed by atoms with Crippen LogP contribution in [0.4, 0.5) is 13.2 Å². The van der Waals surface area contributed by atoms with Gasteiger partial charge in [-0.05, 0) is 53.4 Å². The monoisotopic (exact) mass is 540 g/mol. The highest BCUT2D eigenvalue weighted by Crippen LogP contribution is 2.36. The fourth-order valence-electron chi connectivity index (χ4n) is 3.37. The van der Waals surface area contributed by atoms with Gasteiger partial charge in [-0.3, -0.25) is 9.59 Å². The molecule has 1 aliphatic rings. The molecule has 1 saturated carbocycles. The Hall–Kier alpha value is -1.84. The van der Waals surface area contributed by atoms with Gasteiger partial charge in [0.25, 0.3) is 0 Å². The van der Waals surface area contributed by atoms with Gasteiger partial charge in [0.1, 0.15) is 0 Å². The minimum Gasteiger partial charge on any atom is -0.453 e. The number of esters is 3. The predicted molar refractivity (Wildman–Crippen MR) is 133 cm³/mol. The number of hydrogen-bond donors (Lipinski definition) is 0. The molecule has 1 rings (SSSR count). The smallest absolute Gasteiger partial charge is 0.425 e. The summed E-state index contributed by atoms with van der Waals surface area (Å²) in [6.45, 7) is 13.9. The van der Waals surface area contributed by atoms with Gasteiger partial charge < -0.3 is 18.9 Å². The summed E-state index contributed by atoms with van der Waals surface area (Å²) in [4.78, 5) is 35.1. The maximum absolute atomic E-state index is 13.1. The van der Waals surface area contributed by atoms with Crippen LogP contribution >= 0.6 is 0 Å². The summed E-state index contributed by atoms with van der Waals surface area (Å²) in [5.41, 5.74) is -1.21. The Balaban J connectivity index is 0.000000795. The number of methoxy groups -OCH3 is 1. The SMILES string of the molecule is CCC(C)(C)C(=O)OC(OC)C(C)C.CCC(C)(C)C(=O)OCC(=O)OC(C1CCCCC1)C(F)(F)F. The molecule has 2 atom stereocenters. The lowest BCUT2D eigenvalue weighted by Gasteiger charge is -2.31. The molecule has 0 amide bonds. The van der Waals surface area contributed by atoms with Gasteiger partial charge in [-0.2, -0.15) is 13.2 Å². The van der Waals surface area contributed by atoms with Crippen LogP contribution in [0.25, 0.3) is 0 Å². The zero-order valence-corrected chi connectivity index (χ0v) is 24.0. The quantitative estimate of drug-likeness (QED) is 0.165. The number of ether oxygens (including phenoxy) is 4. The summed E-state index contributed by atoms with van der Waals surface area (Å²) in [6.07, 6.45) is -2.82. The fraction of sp³-hybridized carbons (Fsp3) is 0.889. The highest BCUT2D eigenvalue weighted by Gasteiger charge is 2.48. The van der Waals surface area contributed by atoms with Crippen LogP contribution in [-0.4, -0.2) is 50.2 Å². The molecule has 0 aromatic heterocycles. The first-order valence-corrected chi connectivity index (χ1v) is 13.1. The van der Waals surface area contributed by atoms with Crippen LogP contribution in [0, 0.1) is 22.7 Å². The van der Waals surface area contributed by atoms with E-state index in [9.17, 15) is 27.6 Å². The Morgan fingerprint density at radius 3 is 1.73 bits per heavy atom.